The summed E-state index contributed by atoms with van der Waals surface area (Å²) in [6.45, 7) is 12.9. The molecule has 0 bridgehead atoms. The Labute approximate surface area is 159 Å². The van der Waals surface area contributed by atoms with Gasteiger partial charge in [0, 0.05) is 17.8 Å². The van der Waals surface area contributed by atoms with Crippen molar-refractivity contribution in [2.24, 2.45) is 0 Å². The van der Waals surface area contributed by atoms with Crippen LogP contribution in [0.1, 0.15) is 63.3 Å². The van der Waals surface area contributed by atoms with E-state index in [1.54, 1.807) is 9.08 Å². The minimum absolute atomic E-state index is 0.0155. The molecule has 5 heteroatoms. The fourth-order valence-electron chi connectivity index (χ4n) is 3.37. The van der Waals surface area contributed by atoms with Crippen LogP contribution in [0, 0.1) is 6.92 Å². The van der Waals surface area contributed by atoms with Gasteiger partial charge in [-0.1, -0.05) is 45.4 Å². The lowest BCUT2D eigenvalue weighted by Gasteiger charge is -2.15. The van der Waals surface area contributed by atoms with Crippen LogP contribution >= 0.6 is 11.6 Å². The standard InChI is InChI=1S/C21H26ClN3O/c1-7-24-20(16-9-8-15(12(2)3)11-18(16)22)23-25-14(6)10-17(13(4)5)19(25)21(24)26/h8-13H,7H2,1-6H3. The van der Waals surface area contributed by atoms with E-state index >= 15 is 0 Å². The first-order chi connectivity index (χ1) is 12.3. The maximum Gasteiger partial charge on any atom is 0.278 e. The quantitative estimate of drug-likeness (QED) is 0.616. The molecule has 3 aromatic rings. The lowest BCUT2D eigenvalue weighted by molar-refractivity contribution is 0.686. The van der Waals surface area contributed by atoms with E-state index in [9.17, 15) is 4.79 Å². The molecule has 26 heavy (non-hydrogen) atoms. The van der Waals surface area contributed by atoms with Gasteiger partial charge >= 0.3 is 0 Å². The molecule has 0 amide bonds. The second kappa shape index (κ2) is 6.92. The van der Waals surface area contributed by atoms with Gasteiger partial charge in [0.25, 0.3) is 5.56 Å². The molecule has 0 aliphatic heterocycles. The molecule has 2 heterocycles. The Bertz CT molecular complexity index is 1030. The van der Waals surface area contributed by atoms with Crippen molar-refractivity contribution in [3.05, 3.63) is 56.5 Å². The Balaban J connectivity index is 2.34. The van der Waals surface area contributed by atoms with Crippen molar-refractivity contribution in [1.82, 2.24) is 14.2 Å². The van der Waals surface area contributed by atoms with Crippen molar-refractivity contribution in [3.8, 4) is 11.4 Å². The molecule has 0 N–H and O–H groups in total. The molecule has 0 spiro atoms. The van der Waals surface area contributed by atoms with Gasteiger partial charge in [0.05, 0.1) is 5.02 Å². The van der Waals surface area contributed by atoms with Gasteiger partial charge in [-0.05, 0) is 55.0 Å². The van der Waals surface area contributed by atoms with Crippen LogP contribution in [0.2, 0.25) is 5.02 Å². The normalized spacial score (nSPS) is 11.9. The van der Waals surface area contributed by atoms with Gasteiger partial charge in [-0.15, -0.1) is 5.10 Å². The predicted octanol–water partition coefficient (Wildman–Crippen LogP) is 5.39. The third-order valence-electron chi connectivity index (χ3n) is 4.92. The summed E-state index contributed by atoms with van der Waals surface area (Å²) in [5.74, 6) is 1.27. The monoisotopic (exact) mass is 371 g/mol. The van der Waals surface area contributed by atoms with Crippen LogP contribution in [0.4, 0.5) is 0 Å². The van der Waals surface area contributed by atoms with Gasteiger partial charge in [0.1, 0.15) is 5.52 Å². The Morgan fingerprint density at radius 2 is 1.81 bits per heavy atom. The van der Waals surface area contributed by atoms with Crippen molar-refractivity contribution in [1.29, 1.82) is 0 Å². The highest BCUT2D eigenvalue weighted by atomic mass is 35.5. The molecule has 4 nitrogen and oxygen atoms in total. The summed E-state index contributed by atoms with van der Waals surface area (Å²) in [6.07, 6.45) is 0. The minimum atomic E-state index is -0.0155. The first kappa shape index (κ1) is 18.7. The second-order valence-corrected chi connectivity index (χ2v) is 7.83. The van der Waals surface area contributed by atoms with E-state index in [1.807, 2.05) is 26.0 Å². The van der Waals surface area contributed by atoms with Crippen LogP contribution in [-0.4, -0.2) is 14.2 Å². The van der Waals surface area contributed by atoms with E-state index in [1.165, 1.54) is 5.56 Å². The average molecular weight is 372 g/mol. The molecule has 2 aromatic heterocycles. The SMILES string of the molecule is CCn1c(-c2ccc(C(C)C)cc2Cl)nn2c(C)cc(C(C)C)c2c1=O. The van der Waals surface area contributed by atoms with Gasteiger partial charge in [0.15, 0.2) is 5.82 Å². The van der Waals surface area contributed by atoms with Crippen LogP contribution in [0.3, 0.4) is 0 Å². The lowest BCUT2D eigenvalue weighted by Crippen LogP contribution is -2.26. The summed E-state index contributed by atoms with van der Waals surface area (Å²) >= 11 is 6.57. The topological polar surface area (TPSA) is 39.3 Å². The Kier molecular flexibility index (Phi) is 4.98. The molecule has 0 saturated carbocycles. The molecule has 0 atom stereocenters. The highest BCUT2D eigenvalue weighted by Gasteiger charge is 2.20. The molecule has 3 rings (SSSR count). The molecular formula is C21H26ClN3O. The highest BCUT2D eigenvalue weighted by Crippen LogP contribution is 2.30. The first-order valence-electron chi connectivity index (χ1n) is 9.19. The first-order valence-corrected chi connectivity index (χ1v) is 9.56. The molecule has 0 saturated heterocycles. The van der Waals surface area contributed by atoms with Crippen LogP contribution in [0.25, 0.3) is 16.9 Å². The number of rotatable bonds is 4. The summed E-state index contributed by atoms with van der Waals surface area (Å²) in [6, 6.07) is 8.06. The molecule has 0 unspecified atom stereocenters. The molecule has 138 valence electrons. The summed E-state index contributed by atoms with van der Waals surface area (Å²) in [5.41, 5.74) is 4.60. The summed E-state index contributed by atoms with van der Waals surface area (Å²) < 4.78 is 3.49. The second-order valence-electron chi connectivity index (χ2n) is 7.42. The van der Waals surface area contributed by atoms with Crippen molar-refractivity contribution in [3.63, 3.8) is 0 Å². The van der Waals surface area contributed by atoms with Gasteiger partial charge in [-0.3, -0.25) is 9.36 Å². The minimum Gasteiger partial charge on any atom is -0.290 e. The fourth-order valence-corrected chi connectivity index (χ4v) is 3.65. The highest BCUT2D eigenvalue weighted by molar-refractivity contribution is 6.33. The Morgan fingerprint density at radius 1 is 1.12 bits per heavy atom. The number of hydrogen-bond donors (Lipinski definition) is 0. The molecule has 0 aliphatic rings. The van der Waals surface area contributed by atoms with Gasteiger partial charge in [-0.25, -0.2) is 4.52 Å². The molecule has 0 radical (unpaired) electrons. The van der Waals surface area contributed by atoms with E-state index in [-0.39, 0.29) is 11.5 Å². The molecule has 0 fully saturated rings. The average Bonchev–Trinajstić information content (AvgIpc) is 2.92. The van der Waals surface area contributed by atoms with Crippen LogP contribution in [-0.2, 0) is 6.54 Å². The van der Waals surface area contributed by atoms with Crippen LogP contribution < -0.4 is 5.56 Å². The van der Waals surface area contributed by atoms with E-state index in [4.69, 9.17) is 16.7 Å². The number of halogens is 1. The van der Waals surface area contributed by atoms with E-state index in [0.717, 1.165) is 16.8 Å². The number of aryl methyl sites for hydroxylation is 1. The largest absolute Gasteiger partial charge is 0.290 e. The lowest BCUT2D eigenvalue weighted by atomic mass is 10.0. The number of hydrogen-bond acceptors (Lipinski definition) is 2. The van der Waals surface area contributed by atoms with E-state index in [2.05, 4.69) is 39.8 Å². The third-order valence-corrected chi connectivity index (χ3v) is 5.23. The van der Waals surface area contributed by atoms with E-state index in [0.29, 0.717) is 28.8 Å². The zero-order valence-electron chi connectivity index (χ0n) is 16.3. The molecular weight excluding hydrogens is 346 g/mol. The third kappa shape index (κ3) is 2.96. The summed E-state index contributed by atoms with van der Waals surface area (Å²) in [4.78, 5) is 13.2. The van der Waals surface area contributed by atoms with Gasteiger partial charge < -0.3 is 0 Å². The molecule has 1 aromatic carbocycles. The van der Waals surface area contributed by atoms with E-state index < -0.39 is 0 Å². The van der Waals surface area contributed by atoms with Crippen molar-refractivity contribution >= 4 is 17.1 Å². The smallest absolute Gasteiger partial charge is 0.278 e. The number of benzene rings is 1. The van der Waals surface area contributed by atoms with Crippen molar-refractivity contribution < 1.29 is 0 Å². The number of nitrogens with zero attached hydrogens (tertiary/aromatic N) is 3. The van der Waals surface area contributed by atoms with Gasteiger partial charge in [0.2, 0.25) is 0 Å². The maximum absolute atomic E-state index is 13.2. The van der Waals surface area contributed by atoms with Crippen molar-refractivity contribution in [2.45, 2.75) is 59.9 Å². The Hall–Kier alpha value is -2.07. The summed E-state index contributed by atoms with van der Waals surface area (Å²) in [7, 11) is 0. The van der Waals surface area contributed by atoms with Crippen LogP contribution in [0.5, 0.6) is 0 Å². The fraction of sp³-hybridized carbons (Fsp3) is 0.429. The zero-order chi connectivity index (χ0) is 19.2. The number of fused-ring (bicyclic) bond motifs is 1. The zero-order valence-corrected chi connectivity index (χ0v) is 17.1. The maximum atomic E-state index is 13.2. The summed E-state index contributed by atoms with van der Waals surface area (Å²) in [5, 5.41) is 5.43. The molecule has 0 aliphatic carbocycles. The Morgan fingerprint density at radius 3 is 2.35 bits per heavy atom. The number of aromatic nitrogens is 3. The van der Waals surface area contributed by atoms with Crippen molar-refractivity contribution in [2.75, 3.05) is 0 Å². The van der Waals surface area contributed by atoms with Crippen LogP contribution in [0.15, 0.2) is 29.1 Å². The predicted molar refractivity (Wildman–Crippen MR) is 108 cm³/mol. The van der Waals surface area contributed by atoms with Gasteiger partial charge in [-0.2, -0.15) is 0 Å².